The summed E-state index contributed by atoms with van der Waals surface area (Å²) in [5.41, 5.74) is 2.11. The number of nitrogens with zero attached hydrogens (tertiary/aromatic N) is 6. The molecule has 5 rings (SSSR count). The van der Waals surface area contributed by atoms with Crippen LogP contribution in [-0.2, 0) is 0 Å². The molecule has 0 aliphatic carbocycles. The van der Waals surface area contributed by atoms with Gasteiger partial charge >= 0.3 is 0 Å². The third kappa shape index (κ3) is 3.59. The molecule has 8 heteroatoms. The SMILES string of the molecule is O=C(c1ccccc1)N1CCCC(n2cc(-c3nc(-c4ccccc4)no3)nn2)C1. The standard InChI is InChI=1S/C22H20N6O2/c29-22(17-10-5-2-6-11-17)27-13-7-12-18(14-27)28-15-19(24-26-28)21-23-20(25-30-21)16-8-3-1-4-9-16/h1-6,8-11,15,18H,7,12-14H2. The maximum Gasteiger partial charge on any atom is 0.280 e. The lowest BCUT2D eigenvalue weighted by Gasteiger charge is -2.32. The van der Waals surface area contributed by atoms with Crippen LogP contribution in [0.1, 0.15) is 29.2 Å². The van der Waals surface area contributed by atoms with Crippen molar-refractivity contribution in [3.8, 4) is 23.0 Å². The van der Waals surface area contributed by atoms with E-state index in [9.17, 15) is 4.79 Å². The summed E-state index contributed by atoms with van der Waals surface area (Å²) in [4.78, 5) is 19.1. The Morgan fingerprint density at radius 1 is 1.03 bits per heavy atom. The van der Waals surface area contributed by atoms with Crippen molar-refractivity contribution < 1.29 is 9.32 Å². The number of hydrogen-bond donors (Lipinski definition) is 0. The smallest absolute Gasteiger partial charge is 0.280 e. The molecule has 1 amide bonds. The van der Waals surface area contributed by atoms with Crippen LogP contribution >= 0.6 is 0 Å². The van der Waals surface area contributed by atoms with Crippen molar-refractivity contribution in [1.82, 2.24) is 30.0 Å². The van der Waals surface area contributed by atoms with Crippen LogP contribution < -0.4 is 0 Å². The average Bonchev–Trinajstić information content (AvgIpc) is 3.50. The highest BCUT2D eigenvalue weighted by molar-refractivity contribution is 5.94. The maximum absolute atomic E-state index is 12.8. The quantitative estimate of drug-likeness (QED) is 0.521. The number of likely N-dealkylation sites (tertiary alicyclic amines) is 1. The van der Waals surface area contributed by atoms with E-state index < -0.39 is 0 Å². The second-order valence-electron chi connectivity index (χ2n) is 7.29. The number of carbonyl (C=O) groups excluding carboxylic acids is 1. The summed E-state index contributed by atoms with van der Waals surface area (Å²) in [7, 11) is 0. The van der Waals surface area contributed by atoms with Gasteiger partial charge in [0.1, 0.15) is 0 Å². The first-order valence-electron chi connectivity index (χ1n) is 9.93. The number of piperidine rings is 1. The van der Waals surface area contributed by atoms with Gasteiger partial charge in [-0.2, -0.15) is 4.98 Å². The molecule has 3 heterocycles. The zero-order chi connectivity index (χ0) is 20.3. The van der Waals surface area contributed by atoms with Crippen molar-refractivity contribution >= 4 is 5.91 Å². The minimum atomic E-state index is 0.0463. The Kier molecular flexibility index (Phi) is 4.80. The van der Waals surface area contributed by atoms with Crippen LogP contribution in [0.4, 0.5) is 0 Å². The van der Waals surface area contributed by atoms with Gasteiger partial charge in [-0.1, -0.05) is 58.9 Å². The highest BCUT2D eigenvalue weighted by atomic mass is 16.5. The Morgan fingerprint density at radius 3 is 2.60 bits per heavy atom. The van der Waals surface area contributed by atoms with Crippen molar-refractivity contribution in [1.29, 1.82) is 0 Å². The molecule has 150 valence electrons. The van der Waals surface area contributed by atoms with Crippen LogP contribution in [0, 0.1) is 0 Å². The molecular formula is C22H20N6O2. The van der Waals surface area contributed by atoms with Gasteiger partial charge in [-0.3, -0.25) is 4.79 Å². The third-order valence-electron chi connectivity index (χ3n) is 5.27. The molecule has 1 fully saturated rings. The topological polar surface area (TPSA) is 89.9 Å². The van der Waals surface area contributed by atoms with Crippen molar-refractivity contribution in [3.05, 3.63) is 72.4 Å². The van der Waals surface area contributed by atoms with E-state index in [0.717, 1.165) is 24.9 Å². The lowest BCUT2D eigenvalue weighted by Crippen LogP contribution is -2.40. The van der Waals surface area contributed by atoms with Crippen molar-refractivity contribution in [2.24, 2.45) is 0 Å². The molecule has 2 aromatic carbocycles. The fraction of sp³-hybridized carbons (Fsp3) is 0.227. The fourth-order valence-corrected chi connectivity index (χ4v) is 3.70. The van der Waals surface area contributed by atoms with Gasteiger partial charge in [0.05, 0.1) is 12.2 Å². The van der Waals surface area contributed by atoms with E-state index in [-0.39, 0.29) is 11.9 Å². The summed E-state index contributed by atoms with van der Waals surface area (Å²) in [5, 5.41) is 12.5. The summed E-state index contributed by atoms with van der Waals surface area (Å²) in [5.74, 6) is 0.885. The summed E-state index contributed by atoms with van der Waals surface area (Å²) < 4.78 is 7.18. The Morgan fingerprint density at radius 2 is 1.80 bits per heavy atom. The van der Waals surface area contributed by atoms with E-state index in [0.29, 0.717) is 29.5 Å². The minimum absolute atomic E-state index is 0.0463. The van der Waals surface area contributed by atoms with Crippen LogP contribution in [0.15, 0.2) is 71.4 Å². The predicted molar refractivity (Wildman–Crippen MR) is 109 cm³/mol. The third-order valence-corrected chi connectivity index (χ3v) is 5.27. The van der Waals surface area contributed by atoms with Gasteiger partial charge in [0.25, 0.3) is 11.8 Å². The van der Waals surface area contributed by atoms with E-state index in [4.69, 9.17) is 4.52 Å². The summed E-state index contributed by atoms with van der Waals surface area (Å²) in [6.07, 6.45) is 3.65. The van der Waals surface area contributed by atoms with Gasteiger partial charge in [0.15, 0.2) is 5.69 Å². The number of rotatable bonds is 4. The molecule has 1 aliphatic rings. The monoisotopic (exact) mass is 400 g/mol. The number of benzene rings is 2. The van der Waals surface area contributed by atoms with Crippen LogP contribution in [-0.4, -0.2) is 49.0 Å². The zero-order valence-corrected chi connectivity index (χ0v) is 16.3. The molecule has 1 unspecified atom stereocenters. The molecule has 30 heavy (non-hydrogen) atoms. The van der Waals surface area contributed by atoms with Crippen LogP contribution in [0.3, 0.4) is 0 Å². The van der Waals surface area contributed by atoms with E-state index in [1.165, 1.54) is 0 Å². The van der Waals surface area contributed by atoms with E-state index in [2.05, 4.69) is 20.5 Å². The molecule has 1 atom stereocenters. The van der Waals surface area contributed by atoms with Crippen molar-refractivity contribution in [3.63, 3.8) is 0 Å². The molecule has 1 aliphatic heterocycles. The average molecular weight is 400 g/mol. The second-order valence-corrected chi connectivity index (χ2v) is 7.29. The minimum Gasteiger partial charge on any atom is -0.337 e. The van der Waals surface area contributed by atoms with E-state index >= 15 is 0 Å². The van der Waals surface area contributed by atoms with Gasteiger partial charge < -0.3 is 9.42 Å². The van der Waals surface area contributed by atoms with E-state index in [1.54, 1.807) is 4.68 Å². The van der Waals surface area contributed by atoms with E-state index in [1.807, 2.05) is 71.8 Å². The van der Waals surface area contributed by atoms with Gasteiger partial charge in [0.2, 0.25) is 5.82 Å². The predicted octanol–water partition coefficient (Wildman–Crippen LogP) is 3.47. The molecule has 0 N–H and O–H groups in total. The molecule has 4 aromatic rings. The summed E-state index contributed by atoms with van der Waals surface area (Å²) in [6, 6.07) is 19.1. The molecule has 0 radical (unpaired) electrons. The van der Waals surface area contributed by atoms with Crippen molar-refractivity contribution in [2.45, 2.75) is 18.9 Å². The van der Waals surface area contributed by atoms with Crippen LogP contribution in [0.5, 0.6) is 0 Å². The van der Waals surface area contributed by atoms with Crippen molar-refractivity contribution in [2.75, 3.05) is 13.1 Å². The Hall–Kier alpha value is -3.81. The molecule has 0 spiro atoms. The maximum atomic E-state index is 12.8. The Balaban J connectivity index is 1.32. The lowest BCUT2D eigenvalue weighted by atomic mass is 10.0. The van der Waals surface area contributed by atoms with Gasteiger partial charge in [-0.05, 0) is 25.0 Å². The molecular weight excluding hydrogens is 380 g/mol. The first-order valence-corrected chi connectivity index (χ1v) is 9.93. The fourth-order valence-electron chi connectivity index (χ4n) is 3.70. The molecule has 8 nitrogen and oxygen atoms in total. The van der Waals surface area contributed by atoms with Gasteiger partial charge in [-0.15, -0.1) is 5.10 Å². The van der Waals surface area contributed by atoms with Gasteiger partial charge in [-0.25, -0.2) is 4.68 Å². The molecule has 2 aromatic heterocycles. The largest absolute Gasteiger partial charge is 0.337 e. The molecule has 0 saturated carbocycles. The first kappa shape index (κ1) is 18.2. The lowest BCUT2D eigenvalue weighted by molar-refractivity contribution is 0.0672. The summed E-state index contributed by atoms with van der Waals surface area (Å²) in [6.45, 7) is 1.34. The summed E-state index contributed by atoms with van der Waals surface area (Å²) >= 11 is 0. The second kappa shape index (κ2) is 7.90. The number of aromatic nitrogens is 5. The number of amides is 1. The Labute approximate surface area is 173 Å². The van der Waals surface area contributed by atoms with Crippen LogP contribution in [0.2, 0.25) is 0 Å². The highest BCUT2D eigenvalue weighted by Crippen LogP contribution is 2.25. The van der Waals surface area contributed by atoms with Crippen LogP contribution in [0.25, 0.3) is 23.0 Å². The first-order chi connectivity index (χ1) is 14.8. The zero-order valence-electron chi connectivity index (χ0n) is 16.3. The Bertz CT molecular complexity index is 1140. The molecule has 1 saturated heterocycles. The van der Waals surface area contributed by atoms with Gasteiger partial charge in [0, 0.05) is 24.2 Å². The normalized spacial score (nSPS) is 16.5. The highest BCUT2D eigenvalue weighted by Gasteiger charge is 2.27. The molecule has 0 bridgehead atoms. The number of carbonyl (C=O) groups is 1. The number of hydrogen-bond acceptors (Lipinski definition) is 6.